The van der Waals surface area contributed by atoms with E-state index in [1.165, 1.54) is 13.3 Å². The van der Waals surface area contributed by atoms with Crippen molar-refractivity contribution in [2.45, 2.75) is 44.4 Å². The van der Waals surface area contributed by atoms with Crippen LogP contribution < -0.4 is 9.47 Å². The number of ether oxygens (including phenoxy) is 2. The molecule has 0 spiro atoms. The third-order valence-electron chi connectivity index (χ3n) is 6.53. The van der Waals surface area contributed by atoms with Crippen molar-refractivity contribution in [3.05, 3.63) is 53.5 Å². The summed E-state index contributed by atoms with van der Waals surface area (Å²) < 4.78 is 25.2. The number of carbonyl (C=O) groups is 1. The Bertz CT molecular complexity index is 908. The molecule has 5 nitrogen and oxygen atoms in total. The van der Waals surface area contributed by atoms with Gasteiger partial charge in [0.15, 0.2) is 0 Å². The first kappa shape index (κ1) is 20.6. The summed E-state index contributed by atoms with van der Waals surface area (Å²) >= 11 is 0. The maximum atomic E-state index is 14.1. The van der Waals surface area contributed by atoms with Crippen LogP contribution >= 0.6 is 0 Å². The van der Waals surface area contributed by atoms with Gasteiger partial charge in [0.25, 0.3) is 0 Å². The van der Waals surface area contributed by atoms with Crippen molar-refractivity contribution in [2.75, 3.05) is 13.7 Å². The van der Waals surface area contributed by atoms with Crippen molar-refractivity contribution in [2.24, 2.45) is 17.8 Å². The fourth-order valence-corrected chi connectivity index (χ4v) is 4.59. The van der Waals surface area contributed by atoms with Gasteiger partial charge in [-0.05, 0) is 72.6 Å². The number of aliphatic carboxylic acids is 1. The van der Waals surface area contributed by atoms with Gasteiger partial charge in [0, 0.05) is 6.07 Å². The second-order valence-corrected chi connectivity index (χ2v) is 8.66. The Kier molecular flexibility index (Phi) is 5.93. The number of pyridine rings is 1. The van der Waals surface area contributed by atoms with Gasteiger partial charge < -0.3 is 14.6 Å². The monoisotopic (exact) mass is 413 g/mol. The number of carboxylic acids is 1. The largest absolute Gasteiger partial charge is 0.493 e. The van der Waals surface area contributed by atoms with E-state index in [9.17, 15) is 14.3 Å². The van der Waals surface area contributed by atoms with Crippen LogP contribution in [0.3, 0.4) is 0 Å². The maximum absolute atomic E-state index is 14.1. The van der Waals surface area contributed by atoms with Gasteiger partial charge in [0.2, 0.25) is 5.88 Å². The number of hydrogen-bond donors (Lipinski definition) is 1. The quantitative estimate of drug-likeness (QED) is 0.625. The number of rotatable bonds is 9. The van der Waals surface area contributed by atoms with Gasteiger partial charge in [0.05, 0.1) is 25.8 Å². The zero-order valence-electron chi connectivity index (χ0n) is 17.4. The van der Waals surface area contributed by atoms with E-state index in [1.54, 1.807) is 13.0 Å². The molecule has 0 amide bonds. The first-order chi connectivity index (χ1) is 14.5. The standard InChI is InChI=1S/C24H28FNO4/c1-14(24(27)28)23(16-6-7-16)17-4-3-5-19(10-17)30-13-15-8-18(9-15)20-11-22(29-2)26-12-21(20)25/h3-5,10-12,14-16,18,23H,6-9,13H2,1-2H3,(H,27,28)/t14-,15?,18?,23?/m0/s1. The van der Waals surface area contributed by atoms with Gasteiger partial charge in [0.1, 0.15) is 11.6 Å². The molecular formula is C24H28FNO4. The summed E-state index contributed by atoms with van der Waals surface area (Å²) in [5.41, 5.74) is 1.71. The molecule has 2 aliphatic carbocycles. The van der Waals surface area contributed by atoms with Crippen molar-refractivity contribution in [1.29, 1.82) is 0 Å². The lowest BCUT2D eigenvalue weighted by atomic mass is 9.72. The molecule has 160 valence electrons. The topological polar surface area (TPSA) is 68.7 Å². The molecule has 30 heavy (non-hydrogen) atoms. The fraction of sp³-hybridized carbons (Fsp3) is 0.500. The highest BCUT2D eigenvalue weighted by Gasteiger charge is 2.39. The van der Waals surface area contributed by atoms with E-state index in [1.807, 2.05) is 24.3 Å². The van der Waals surface area contributed by atoms with E-state index < -0.39 is 11.9 Å². The first-order valence-corrected chi connectivity index (χ1v) is 10.6. The molecule has 1 N–H and O–H groups in total. The molecular weight excluding hydrogens is 385 g/mol. The number of carboxylic acid groups (broad SMARTS) is 1. The van der Waals surface area contributed by atoms with E-state index in [0.29, 0.717) is 29.9 Å². The molecule has 4 rings (SSSR count). The average molecular weight is 413 g/mol. The van der Waals surface area contributed by atoms with E-state index in [-0.39, 0.29) is 17.7 Å². The molecule has 0 saturated heterocycles. The summed E-state index contributed by atoms with van der Waals surface area (Å²) in [6.07, 6.45) is 5.13. The smallest absolute Gasteiger partial charge is 0.306 e. The van der Waals surface area contributed by atoms with Gasteiger partial charge >= 0.3 is 5.97 Å². The summed E-state index contributed by atoms with van der Waals surface area (Å²) in [5, 5.41) is 9.48. The minimum atomic E-state index is -0.751. The fourth-order valence-electron chi connectivity index (χ4n) is 4.59. The lowest BCUT2D eigenvalue weighted by Crippen LogP contribution is -2.28. The minimum absolute atomic E-state index is 0.0313. The second-order valence-electron chi connectivity index (χ2n) is 8.66. The highest BCUT2D eigenvalue weighted by molar-refractivity contribution is 5.71. The Hall–Kier alpha value is -2.63. The van der Waals surface area contributed by atoms with E-state index in [4.69, 9.17) is 9.47 Å². The number of aromatic nitrogens is 1. The molecule has 6 heteroatoms. The first-order valence-electron chi connectivity index (χ1n) is 10.6. The molecule has 1 aromatic carbocycles. The number of hydrogen-bond acceptors (Lipinski definition) is 4. The molecule has 1 heterocycles. The molecule has 1 aromatic heterocycles. The van der Waals surface area contributed by atoms with Gasteiger partial charge in [-0.15, -0.1) is 0 Å². The van der Waals surface area contributed by atoms with Crippen LogP contribution in [0.15, 0.2) is 36.5 Å². The van der Waals surface area contributed by atoms with Crippen LogP contribution in [0.25, 0.3) is 0 Å². The average Bonchev–Trinajstić information content (AvgIpc) is 3.53. The zero-order valence-corrected chi connectivity index (χ0v) is 17.4. The lowest BCUT2D eigenvalue weighted by molar-refractivity contribution is -0.142. The summed E-state index contributed by atoms with van der Waals surface area (Å²) in [7, 11) is 1.53. The molecule has 2 saturated carbocycles. The summed E-state index contributed by atoms with van der Waals surface area (Å²) in [5.74, 6) is 0.777. The molecule has 2 aliphatic rings. The lowest BCUT2D eigenvalue weighted by Gasteiger charge is -2.35. The third-order valence-corrected chi connectivity index (χ3v) is 6.53. The van der Waals surface area contributed by atoms with Crippen molar-refractivity contribution in [3.63, 3.8) is 0 Å². The van der Waals surface area contributed by atoms with E-state index in [0.717, 1.165) is 37.0 Å². The van der Waals surface area contributed by atoms with Crippen LogP contribution in [-0.4, -0.2) is 29.8 Å². The van der Waals surface area contributed by atoms with E-state index >= 15 is 0 Å². The van der Waals surface area contributed by atoms with Crippen LogP contribution in [-0.2, 0) is 4.79 Å². The molecule has 2 aromatic rings. The van der Waals surface area contributed by atoms with Crippen LogP contribution in [0.4, 0.5) is 4.39 Å². The zero-order chi connectivity index (χ0) is 21.3. The highest BCUT2D eigenvalue weighted by atomic mass is 19.1. The molecule has 0 bridgehead atoms. The predicted molar refractivity (Wildman–Crippen MR) is 110 cm³/mol. The van der Waals surface area contributed by atoms with Crippen LogP contribution in [0.2, 0.25) is 0 Å². The molecule has 1 unspecified atom stereocenters. The Morgan fingerprint density at radius 1 is 1.30 bits per heavy atom. The number of nitrogens with zero attached hydrogens (tertiary/aromatic N) is 1. The highest BCUT2D eigenvalue weighted by Crippen LogP contribution is 2.47. The van der Waals surface area contributed by atoms with Gasteiger partial charge in [-0.3, -0.25) is 4.79 Å². The maximum Gasteiger partial charge on any atom is 0.306 e. The molecule has 0 aliphatic heterocycles. The Labute approximate surface area is 176 Å². The third kappa shape index (κ3) is 4.42. The van der Waals surface area contributed by atoms with Crippen molar-refractivity contribution < 1.29 is 23.8 Å². The predicted octanol–water partition coefficient (Wildman–Crippen LogP) is 5.02. The Morgan fingerprint density at radius 2 is 2.07 bits per heavy atom. The summed E-state index contributed by atoms with van der Waals surface area (Å²) in [4.78, 5) is 15.4. The van der Waals surface area contributed by atoms with Crippen LogP contribution in [0.5, 0.6) is 11.6 Å². The Morgan fingerprint density at radius 3 is 2.73 bits per heavy atom. The van der Waals surface area contributed by atoms with E-state index in [2.05, 4.69) is 4.98 Å². The SMILES string of the molecule is COc1cc(C2CC(COc3cccc(C(C4CC4)[C@H](C)C(=O)O)c3)C2)c(F)cn1. The number of halogens is 1. The van der Waals surface area contributed by atoms with Crippen LogP contribution in [0.1, 0.15) is 55.6 Å². The van der Waals surface area contributed by atoms with Gasteiger partial charge in [-0.25, -0.2) is 9.37 Å². The number of benzene rings is 1. The number of methoxy groups -OCH3 is 1. The summed E-state index contributed by atoms with van der Waals surface area (Å²) in [6.45, 7) is 2.37. The van der Waals surface area contributed by atoms with Gasteiger partial charge in [-0.1, -0.05) is 19.1 Å². The molecule has 2 fully saturated rings. The normalized spacial score (nSPS) is 22.6. The molecule has 2 atom stereocenters. The van der Waals surface area contributed by atoms with Crippen molar-refractivity contribution in [1.82, 2.24) is 4.98 Å². The second kappa shape index (κ2) is 8.62. The molecule has 0 radical (unpaired) electrons. The van der Waals surface area contributed by atoms with Crippen molar-refractivity contribution in [3.8, 4) is 11.6 Å². The minimum Gasteiger partial charge on any atom is -0.493 e. The van der Waals surface area contributed by atoms with Gasteiger partial charge in [-0.2, -0.15) is 0 Å². The Balaban J connectivity index is 1.34. The van der Waals surface area contributed by atoms with Crippen molar-refractivity contribution >= 4 is 5.97 Å². The summed E-state index contributed by atoms with van der Waals surface area (Å²) in [6, 6.07) is 9.54. The van der Waals surface area contributed by atoms with Crippen LogP contribution in [0, 0.1) is 23.6 Å².